The number of cyclic esters (lactones) is 1. The van der Waals surface area contributed by atoms with Gasteiger partial charge in [-0.05, 0) is 26.0 Å². The molecule has 1 aliphatic heterocycles. The molecule has 0 saturated heterocycles. The molecule has 0 aliphatic carbocycles. The number of hydrogen-bond donors (Lipinski definition) is 1. The second-order valence-electron chi connectivity index (χ2n) is 4.64. The lowest BCUT2D eigenvalue weighted by Gasteiger charge is -2.37. The minimum absolute atomic E-state index is 0.208. The van der Waals surface area contributed by atoms with E-state index in [0.29, 0.717) is 6.54 Å². The summed E-state index contributed by atoms with van der Waals surface area (Å²) in [4.78, 5) is 11.1. The van der Waals surface area contributed by atoms with Gasteiger partial charge in [0.2, 0.25) is 0 Å². The molecule has 0 fully saturated rings. The van der Waals surface area contributed by atoms with Crippen LogP contribution in [0.15, 0.2) is 12.2 Å². The summed E-state index contributed by atoms with van der Waals surface area (Å²) in [6, 6.07) is 1.09. The Hall–Kier alpha value is -0.613. The smallest absolute Gasteiger partial charge is 0.331 e. The summed E-state index contributed by atoms with van der Waals surface area (Å²) in [6.07, 6.45) is 4.47. The van der Waals surface area contributed by atoms with Crippen molar-refractivity contribution < 1.29 is 9.53 Å². The first kappa shape index (κ1) is 11.5. The van der Waals surface area contributed by atoms with Gasteiger partial charge >= 0.3 is 5.97 Å². The number of nitrogens with two attached hydrogens (primary N) is 1. The Kier molecular flexibility index (Phi) is 3.16. The Morgan fingerprint density at radius 1 is 1.57 bits per heavy atom. The summed E-state index contributed by atoms with van der Waals surface area (Å²) in [5.74, 6) is -0.208. The zero-order valence-electron chi connectivity index (χ0n) is 9.17. The Balaban J connectivity index is 2.71. The fraction of sp³-hybridized carbons (Fsp3) is 0.700. The molecule has 0 aromatic heterocycles. The number of ether oxygens (including phenoxy) is 1. The summed E-state index contributed by atoms with van der Waals surface area (Å²) >= 11 is 0. The molecule has 1 heterocycles. The highest BCUT2D eigenvalue weighted by molar-refractivity contribution is 6.80. The predicted octanol–water partition coefficient (Wildman–Crippen LogP) is 1.45. The van der Waals surface area contributed by atoms with Crippen LogP contribution in [0.4, 0.5) is 0 Å². The average Bonchev–Trinajstić information content (AvgIpc) is 2.44. The van der Waals surface area contributed by atoms with Crippen molar-refractivity contribution in [3.8, 4) is 0 Å². The third-order valence-corrected chi connectivity index (χ3v) is 7.76. The Morgan fingerprint density at radius 3 is 2.64 bits per heavy atom. The van der Waals surface area contributed by atoms with E-state index in [-0.39, 0.29) is 11.2 Å². The van der Waals surface area contributed by atoms with Crippen LogP contribution < -0.4 is 5.73 Å². The van der Waals surface area contributed by atoms with Crippen LogP contribution in [0, 0.1) is 0 Å². The maximum Gasteiger partial charge on any atom is 0.331 e. The van der Waals surface area contributed by atoms with Gasteiger partial charge < -0.3 is 10.5 Å². The van der Waals surface area contributed by atoms with Gasteiger partial charge in [0.25, 0.3) is 0 Å². The summed E-state index contributed by atoms with van der Waals surface area (Å²) in [6.45, 7) is 7.21. The standard InChI is InChI=1S/C10H19NO2Si/c1-10(6-5-9(12)13-10)14(2,3)8-4-7-11/h5-6H,4,7-8,11H2,1-3H3. The van der Waals surface area contributed by atoms with E-state index in [2.05, 4.69) is 13.1 Å². The normalized spacial score (nSPS) is 26.7. The van der Waals surface area contributed by atoms with Crippen LogP contribution in [0.2, 0.25) is 19.1 Å². The largest absolute Gasteiger partial charge is 0.456 e. The highest BCUT2D eigenvalue weighted by Crippen LogP contribution is 2.33. The van der Waals surface area contributed by atoms with Crippen molar-refractivity contribution in [2.24, 2.45) is 5.73 Å². The molecule has 1 atom stereocenters. The van der Waals surface area contributed by atoms with Crippen molar-refractivity contribution in [1.82, 2.24) is 0 Å². The van der Waals surface area contributed by atoms with E-state index in [4.69, 9.17) is 10.5 Å². The molecule has 3 nitrogen and oxygen atoms in total. The van der Waals surface area contributed by atoms with Gasteiger partial charge in [-0.15, -0.1) is 0 Å². The molecule has 0 amide bonds. The highest BCUT2D eigenvalue weighted by Gasteiger charge is 2.46. The zero-order chi connectivity index (χ0) is 10.8. The van der Waals surface area contributed by atoms with Crippen molar-refractivity contribution in [2.75, 3.05) is 6.54 Å². The molecule has 2 N–H and O–H groups in total. The molecular formula is C10H19NO2Si. The Labute approximate surface area is 86.3 Å². The Morgan fingerprint density at radius 2 is 2.21 bits per heavy atom. The van der Waals surface area contributed by atoms with Gasteiger partial charge in [-0.1, -0.05) is 19.1 Å². The number of carbonyl (C=O) groups excluding carboxylic acids is 1. The quantitative estimate of drug-likeness (QED) is 0.568. The number of esters is 1. The van der Waals surface area contributed by atoms with E-state index in [9.17, 15) is 4.79 Å². The van der Waals surface area contributed by atoms with E-state index in [1.165, 1.54) is 6.08 Å². The van der Waals surface area contributed by atoms with Crippen LogP contribution in [-0.2, 0) is 9.53 Å². The summed E-state index contributed by atoms with van der Waals surface area (Å²) in [5.41, 5.74) is 5.50. The third kappa shape index (κ3) is 2.07. The van der Waals surface area contributed by atoms with Crippen LogP contribution in [0.3, 0.4) is 0 Å². The minimum atomic E-state index is -1.57. The minimum Gasteiger partial charge on any atom is -0.456 e. The molecule has 0 bridgehead atoms. The highest BCUT2D eigenvalue weighted by atomic mass is 28.3. The second kappa shape index (κ2) is 3.86. The number of rotatable bonds is 4. The van der Waals surface area contributed by atoms with Gasteiger partial charge in [-0.25, -0.2) is 4.79 Å². The van der Waals surface area contributed by atoms with Gasteiger partial charge in [0.05, 0.1) is 0 Å². The fourth-order valence-electron chi connectivity index (χ4n) is 1.66. The molecule has 0 spiro atoms. The van der Waals surface area contributed by atoms with Gasteiger partial charge in [-0.2, -0.15) is 0 Å². The lowest BCUT2D eigenvalue weighted by Crippen LogP contribution is -2.51. The zero-order valence-corrected chi connectivity index (χ0v) is 10.2. The maximum absolute atomic E-state index is 11.1. The van der Waals surface area contributed by atoms with Crippen molar-refractivity contribution in [3.63, 3.8) is 0 Å². The molecular weight excluding hydrogens is 194 g/mol. The molecule has 14 heavy (non-hydrogen) atoms. The SMILES string of the molecule is CC1([Si](C)(C)CCCN)C=CC(=O)O1. The number of hydrogen-bond acceptors (Lipinski definition) is 3. The van der Waals surface area contributed by atoms with E-state index in [1.807, 2.05) is 13.0 Å². The summed E-state index contributed by atoms with van der Waals surface area (Å²) < 4.78 is 5.38. The monoisotopic (exact) mass is 213 g/mol. The fourth-order valence-corrected chi connectivity index (χ4v) is 4.16. The second-order valence-corrected chi connectivity index (χ2v) is 9.90. The molecule has 1 aliphatic rings. The van der Waals surface area contributed by atoms with Crippen LogP contribution >= 0.6 is 0 Å². The molecule has 80 valence electrons. The molecule has 1 unspecified atom stereocenters. The van der Waals surface area contributed by atoms with Gasteiger partial charge in [0.1, 0.15) is 13.3 Å². The molecule has 4 heteroatoms. The molecule has 0 aromatic carbocycles. The first-order chi connectivity index (χ1) is 6.41. The Bertz CT molecular complexity index is 263. The van der Waals surface area contributed by atoms with E-state index in [0.717, 1.165) is 12.5 Å². The van der Waals surface area contributed by atoms with Crippen LogP contribution in [-0.4, -0.2) is 25.8 Å². The molecule has 0 radical (unpaired) electrons. The van der Waals surface area contributed by atoms with Crippen molar-refractivity contribution in [1.29, 1.82) is 0 Å². The van der Waals surface area contributed by atoms with Crippen molar-refractivity contribution >= 4 is 14.0 Å². The van der Waals surface area contributed by atoms with Crippen molar-refractivity contribution in [3.05, 3.63) is 12.2 Å². The average molecular weight is 213 g/mol. The lowest BCUT2D eigenvalue weighted by atomic mass is 10.4. The van der Waals surface area contributed by atoms with Gasteiger partial charge in [-0.3, -0.25) is 0 Å². The summed E-state index contributed by atoms with van der Waals surface area (Å²) in [7, 11) is -1.57. The first-order valence-electron chi connectivity index (χ1n) is 5.03. The lowest BCUT2D eigenvalue weighted by molar-refractivity contribution is -0.140. The van der Waals surface area contributed by atoms with Crippen LogP contribution in [0.25, 0.3) is 0 Å². The maximum atomic E-state index is 11.1. The van der Waals surface area contributed by atoms with Crippen LogP contribution in [0.5, 0.6) is 0 Å². The predicted molar refractivity (Wildman–Crippen MR) is 59.6 cm³/mol. The number of carbonyl (C=O) groups is 1. The first-order valence-corrected chi connectivity index (χ1v) is 8.24. The third-order valence-electron chi connectivity index (χ3n) is 3.20. The van der Waals surface area contributed by atoms with Crippen molar-refractivity contribution in [2.45, 2.75) is 37.7 Å². The van der Waals surface area contributed by atoms with Gasteiger partial charge in [0.15, 0.2) is 0 Å². The molecule has 0 saturated carbocycles. The summed E-state index contributed by atoms with van der Waals surface area (Å²) in [5, 5.41) is -0.334. The van der Waals surface area contributed by atoms with Gasteiger partial charge in [0, 0.05) is 6.08 Å². The van der Waals surface area contributed by atoms with E-state index < -0.39 is 8.07 Å². The van der Waals surface area contributed by atoms with Crippen LogP contribution in [0.1, 0.15) is 13.3 Å². The topological polar surface area (TPSA) is 52.3 Å². The molecule has 0 aromatic rings. The van der Waals surface area contributed by atoms with E-state index in [1.54, 1.807) is 0 Å². The molecule has 1 rings (SSSR count). The van der Waals surface area contributed by atoms with E-state index >= 15 is 0 Å².